The number of aromatic nitrogens is 2. The highest BCUT2D eigenvalue weighted by molar-refractivity contribution is 7.99. The molecular formula is C7H8N2OS2. The maximum Gasteiger partial charge on any atom is 0.287 e. The number of fused-ring (bicyclic) bond motifs is 1. The van der Waals surface area contributed by atoms with Crippen molar-refractivity contribution in [2.45, 2.75) is 16.5 Å². The first kappa shape index (κ1) is 8.19. The summed E-state index contributed by atoms with van der Waals surface area (Å²) in [5, 5.41) is 0.723. The van der Waals surface area contributed by atoms with Crippen molar-refractivity contribution in [1.82, 2.24) is 9.97 Å². The fourth-order valence-electron chi connectivity index (χ4n) is 1.16. The van der Waals surface area contributed by atoms with Gasteiger partial charge >= 0.3 is 0 Å². The molecule has 2 rings (SSSR count). The molecule has 1 N–H and O–H groups in total. The number of nitrogens with zero attached hydrogens (tertiary/aromatic N) is 1. The summed E-state index contributed by atoms with van der Waals surface area (Å²) in [5.74, 6) is 1.00. The van der Waals surface area contributed by atoms with Crippen LogP contribution in [-0.4, -0.2) is 22.0 Å². The van der Waals surface area contributed by atoms with Crippen LogP contribution in [0.5, 0.6) is 0 Å². The first-order valence-corrected chi connectivity index (χ1v) is 5.82. The summed E-state index contributed by atoms with van der Waals surface area (Å²) < 4.78 is 0. The Morgan fingerprint density at radius 3 is 3.25 bits per heavy atom. The molecule has 1 aliphatic rings. The Labute approximate surface area is 78.4 Å². The van der Waals surface area contributed by atoms with Gasteiger partial charge in [-0.3, -0.25) is 4.79 Å². The number of hydrogen-bond donors (Lipinski definition) is 1. The fourth-order valence-corrected chi connectivity index (χ4v) is 2.57. The van der Waals surface area contributed by atoms with Crippen molar-refractivity contribution in [1.29, 1.82) is 0 Å². The molecule has 0 aromatic carbocycles. The minimum Gasteiger partial charge on any atom is -0.337 e. The molecule has 0 saturated heterocycles. The maximum absolute atomic E-state index is 11.3. The molecule has 0 amide bonds. The highest BCUT2D eigenvalue weighted by Crippen LogP contribution is 2.26. The Hall–Kier alpha value is -0.420. The third kappa shape index (κ3) is 1.27. The molecule has 1 aromatic heterocycles. The van der Waals surface area contributed by atoms with E-state index in [1.54, 1.807) is 11.8 Å². The lowest BCUT2D eigenvalue weighted by Gasteiger charge is -1.99. The van der Waals surface area contributed by atoms with E-state index in [2.05, 4.69) is 9.97 Å². The molecule has 0 spiro atoms. The van der Waals surface area contributed by atoms with Gasteiger partial charge < -0.3 is 4.98 Å². The van der Waals surface area contributed by atoms with Crippen LogP contribution in [0.1, 0.15) is 5.69 Å². The molecule has 12 heavy (non-hydrogen) atoms. The van der Waals surface area contributed by atoms with E-state index in [9.17, 15) is 4.79 Å². The molecule has 1 aliphatic heterocycles. The Morgan fingerprint density at radius 1 is 1.67 bits per heavy atom. The Morgan fingerprint density at radius 2 is 2.50 bits per heavy atom. The van der Waals surface area contributed by atoms with Crippen LogP contribution in [0.3, 0.4) is 0 Å². The van der Waals surface area contributed by atoms with E-state index < -0.39 is 0 Å². The van der Waals surface area contributed by atoms with Gasteiger partial charge in [-0.25, -0.2) is 0 Å². The van der Waals surface area contributed by atoms with E-state index >= 15 is 0 Å². The van der Waals surface area contributed by atoms with Gasteiger partial charge in [-0.1, -0.05) is 11.8 Å². The zero-order chi connectivity index (χ0) is 8.55. The van der Waals surface area contributed by atoms with Crippen molar-refractivity contribution >= 4 is 23.5 Å². The van der Waals surface area contributed by atoms with E-state index in [4.69, 9.17) is 0 Å². The first-order chi connectivity index (χ1) is 5.81. The van der Waals surface area contributed by atoms with Crippen LogP contribution in [0.2, 0.25) is 0 Å². The van der Waals surface area contributed by atoms with Crippen molar-refractivity contribution in [2.24, 2.45) is 0 Å². The molecule has 0 bridgehead atoms. The summed E-state index contributed by atoms with van der Waals surface area (Å²) in [5.41, 5.74) is 0.986. The Kier molecular flexibility index (Phi) is 2.14. The molecule has 64 valence electrons. The van der Waals surface area contributed by atoms with Crippen molar-refractivity contribution < 1.29 is 0 Å². The molecule has 0 radical (unpaired) electrons. The standard InChI is InChI=1S/C7H8N2OS2/c1-11-7-8-4-2-3-12-5(4)6(10)9-7/h2-3H2,1H3,(H,8,9,10). The maximum atomic E-state index is 11.3. The molecule has 5 heteroatoms. The normalized spacial score (nSPS) is 14.8. The summed E-state index contributed by atoms with van der Waals surface area (Å²) >= 11 is 3.07. The van der Waals surface area contributed by atoms with Gasteiger partial charge in [0.05, 0.1) is 4.90 Å². The van der Waals surface area contributed by atoms with Crippen LogP contribution in [0, 0.1) is 0 Å². The number of aryl methyl sites for hydroxylation is 1. The van der Waals surface area contributed by atoms with E-state index in [-0.39, 0.29) is 5.56 Å². The average Bonchev–Trinajstić information content (AvgIpc) is 2.52. The first-order valence-electron chi connectivity index (χ1n) is 3.61. The van der Waals surface area contributed by atoms with Gasteiger partial charge in [0, 0.05) is 11.4 Å². The van der Waals surface area contributed by atoms with Gasteiger partial charge in [-0.15, -0.1) is 11.8 Å². The summed E-state index contributed by atoms with van der Waals surface area (Å²) in [6, 6.07) is 0. The Balaban J connectivity index is 2.59. The number of nitrogens with one attached hydrogen (secondary N) is 1. The minimum atomic E-state index is -0.0735. The molecular weight excluding hydrogens is 192 g/mol. The summed E-state index contributed by atoms with van der Waals surface area (Å²) in [6.45, 7) is 0. The lowest BCUT2D eigenvalue weighted by atomic mass is 10.3. The quantitative estimate of drug-likeness (QED) is 0.545. The summed E-state index contributed by atoms with van der Waals surface area (Å²) in [6.07, 6.45) is 2.87. The van der Waals surface area contributed by atoms with Crippen molar-refractivity contribution in [3.63, 3.8) is 0 Å². The minimum absolute atomic E-state index is 0.0735. The van der Waals surface area contributed by atoms with Crippen molar-refractivity contribution in [3.8, 4) is 0 Å². The van der Waals surface area contributed by atoms with Crippen LogP contribution in [0.15, 0.2) is 14.8 Å². The van der Waals surface area contributed by atoms with Crippen LogP contribution >= 0.6 is 23.5 Å². The molecule has 0 saturated carbocycles. The second-order valence-corrected chi connectivity index (χ2v) is 4.36. The molecule has 0 unspecified atom stereocenters. The van der Waals surface area contributed by atoms with Crippen LogP contribution in [0.4, 0.5) is 0 Å². The largest absolute Gasteiger partial charge is 0.337 e. The van der Waals surface area contributed by atoms with Crippen molar-refractivity contribution in [3.05, 3.63) is 16.0 Å². The van der Waals surface area contributed by atoms with E-state index in [0.717, 1.165) is 27.9 Å². The van der Waals surface area contributed by atoms with E-state index in [1.807, 2.05) is 6.26 Å². The van der Waals surface area contributed by atoms with Gasteiger partial charge in [0.25, 0.3) is 5.56 Å². The SMILES string of the molecule is CSc1nc(=O)c2c([nH]1)CCS2. The molecule has 0 atom stereocenters. The number of rotatable bonds is 1. The second-order valence-electron chi connectivity index (χ2n) is 2.46. The Bertz CT molecular complexity index is 361. The summed E-state index contributed by atoms with van der Waals surface area (Å²) in [4.78, 5) is 19.2. The average molecular weight is 200 g/mol. The molecule has 1 aromatic rings. The van der Waals surface area contributed by atoms with Crippen LogP contribution in [-0.2, 0) is 6.42 Å². The van der Waals surface area contributed by atoms with Gasteiger partial charge in [-0.2, -0.15) is 4.98 Å². The third-order valence-corrected chi connectivity index (χ3v) is 3.42. The highest BCUT2D eigenvalue weighted by atomic mass is 32.2. The molecule has 3 nitrogen and oxygen atoms in total. The van der Waals surface area contributed by atoms with Crippen molar-refractivity contribution in [2.75, 3.05) is 12.0 Å². The monoisotopic (exact) mass is 200 g/mol. The highest BCUT2D eigenvalue weighted by Gasteiger charge is 2.16. The fraction of sp³-hybridized carbons (Fsp3) is 0.429. The second kappa shape index (κ2) is 3.14. The van der Waals surface area contributed by atoms with Gasteiger partial charge in [0.15, 0.2) is 5.16 Å². The van der Waals surface area contributed by atoms with Gasteiger partial charge in [-0.05, 0) is 12.7 Å². The van der Waals surface area contributed by atoms with Crippen LogP contribution < -0.4 is 5.56 Å². The lowest BCUT2D eigenvalue weighted by molar-refractivity contribution is 0.840. The zero-order valence-corrected chi connectivity index (χ0v) is 8.22. The lowest BCUT2D eigenvalue weighted by Crippen LogP contribution is -2.11. The molecule has 2 heterocycles. The van der Waals surface area contributed by atoms with E-state index in [1.165, 1.54) is 11.8 Å². The third-order valence-electron chi connectivity index (χ3n) is 1.72. The van der Waals surface area contributed by atoms with Gasteiger partial charge in [0.1, 0.15) is 0 Å². The number of hydrogen-bond acceptors (Lipinski definition) is 4. The van der Waals surface area contributed by atoms with E-state index in [0.29, 0.717) is 0 Å². The summed E-state index contributed by atoms with van der Waals surface area (Å²) in [7, 11) is 0. The molecule has 0 fully saturated rings. The predicted octanol–water partition coefficient (Wildman–Crippen LogP) is 1.14. The van der Waals surface area contributed by atoms with Gasteiger partial charge in [0.2, 0.25) is 0 Å². The smallest absolute Gasteiger partial charge is 0.287 e. The zero-order valence-electron chi connectivity index (χ0n) is 6.59. The number of thioether (sulfide) groups is 2. The van der Waals surface area contributed by atoms with Crippen LogP contribution in [0.25, 0.3) is 0 Å². The number of H-pyrrole nitrogens is 1. The topological polar surface area (TPSA) is 45.8 Å². The number of aromatic amines is 1. The molecule has 0 aliphatic carbocycles. The predicted molar refractivity (Wildman–Crippen MR) is 51.1 cm³/mol.